The van der Waals surface area contributed by atoms with Crippen LogP contribution in [-0.4, -0.2) is 42.6 Å². The Morgan fingerprint density at radius 2 is 2.45 bits per heavy atom. The van der Waals surface area contributed by atoms with Crippen molar-refractivity contribution in [2.75, 3.05) is 26.8 Å². The van der Waals surface area contributed by atoms with E-state index in [1.54, 1.807) is 0 Å². The van der Waals surface area contributed by atoms with E-state index in [1.165, 1.54) is 6.42 Å². The van der Waals surface area contributed by atoms with Gasteiger partial charge >= 0.3 is 0 Å². The molecule has 0 aliphatic carbocycles. The summed E-state index contributed by atoms with van der Waals surface area (Å²) < 4.78 is 5.30. The van der Waals surface area contributed by atoms with E-state index in [2.05, 4.69) is 34.8 Å². The summed E-state index contributed by atoms with van der Waals surface area (Å²) in [5, 5.41) is 0. The van der Waals surface area contributed by atoms with Gasteiger partial charge in [0.2, 0.25) is 0 Å². The molecule has 0 spiro atoms. The summed E-state index contributed by atoms with van der Waals surface area (Å²) in [7, 11) is 2.16. The SMILES string of the molecule is CC(Br)CN(C)C1CCOC1. The van der Waals surface area contributed by atoms with Gasteiger partial charge in [-0.05, 0) is 13.5 Å². The van der Waals surface area contributed by atoms with Crippen molar-refractivity contribution in [2.45, 2.75) is 24.2 Å². The first-order valence-electron chi connectivity index (χ1n) is 4.12. The smallest absolute Gasteiger partial charge is 0.0622 e. The van der Waals surface area contributed by atoms with Crippen LogP contribution < -0.4 is 0 Å². The normalized spacial score (nSPS) is 27.8. The van der Waals surface area contributed by atoms with Crippen molar-refractivity contribution in [1.82, 2.24) is 4.90 Å². The first-order valence-corrected chi connectivity index (χ1v) is 5.03. The molecule has 2 nitrogen and oxygen atoms in total. The number of rotatable bonds is 3. The molecule has 2 unspecified atom stereocenters. The maximum absolute atomic E-state index is 5.30. The molecule has 11 heavy (non-hydrogen) atoms. The van der Waals surface area contributed by atoms with Crippen molar-refractivity contribution in [3.05, 3.63) is 0 Å². The van der Waals surface area contributed by atoms with Crippen LogP contribution in [0.5, 0.6) is 0 Å². The minimum atomic E-state index is 0.577. The monoisotopic (exact) mass is 221 g/mol. The van der Waals surface area contributed by atoms with Gasteiger partial charge in [0.1, 0.15) is 0 Å². The molecule has 0 N–H and O–H groups in total. The van der Waals surface area contributed by atoms with Crippen molar-refractivity contribution < 1.29 is 4.74 Å². The Labute approximate surface area is 77.0 Å². The predicted octanol–water partition coefficient (Wildman–Crippen LogP) is 1.49. The molecule has 3 heteroatoms. The molecule has 2 atom stereocenters. The van der Waals surface area contributed by atoms with Crippen LogP contribution >= 0.6 is 15.9 Å². The van der Waals surface area contributed by atoms with Gasteiger partial charge in [-0.3, -0.25) is 4.90 Å². The lowest BCUT2D eigenvalue weighted by Gasteiger charge is -2.23. The fraction of sp³-hybridized carbons (Fsp3) is 1.00. The van der Waals surface area contributed by atoms with E-state index < -0.39 is 0 Å². The molecule has 0 aromatic heterocycles. The summed E-state index contributed by atoms with van der Waals surface area (Å²) in [6.45, 7) is 5.13. The molecule has 66 valence electrons. The van der Waals surface area contributed by atoms with Gasteiger partial charge in [-0.1, -0.05) is 22.9 Å². The molecule has 1 heterocycles. The number of alkyl halides is 1. The molecule has 0 radical (unpaired) electrons. The largest absolute Gasteiger partial charge is 0.380 e. The lowest BCUT2D eigenvalue weighted by atomic mass is 10.2. The maximum atomic E-state index is 5.30. The molecule has 0 bridgehead atoms. The highest BCUT2D eigenvalue weighted by Gasteiger charge is 2.20. The van der Waals surface area contributed by atoms with E-state index in [0.29, 0.717) is 10.9 Å². The van der Waals surface area contributed by atoms with Gasteiger partial charge in [0.05, 0.1) is 6.61 Å². The molecular weight excluding hydrogens is 206 g/mol. The zero-order valence-electron chi connectivity index (χ0n) is 7.22. The number of nitrogens with zero attached hydrogens (tertiary/aromatic N) is 1. The first-order chi connectivity index (χ1) is 5.20. The van der Waals surface area contributed by atoms with Crippen LogP contribution in [0.3, 0.4) is 0 Å². The van der Waals surface area contributed by atoms with Crippen LogP contribution in [0.2, 0.25) is 0 Å². The van der Waals surface area contributed by atoms with Crippen molar-refractivity contribution >= 4 is 15.9 Å². The fourth-order valence-corrected chi connectivity index (χ4v) is 1.87. The molecular formula is C8H16BrNO. The van der Waals surface area contributed by atoms with Crippen molar-refractivity contribution in [1.29, 1.82) is 0 Å². The Balaban J connectivity index is 2.22. The standard InChI is InChI=1S/C8H16BrNO/c1-7(9)5-10(2)8-3-4-11-6-8/h7-8H,3-6H2,1-2H3. The highest BCUT2D eigenvalue weighted by Crippen LogP contribution is 2.12. The van der Waals surface area contributed by atoms with Crippen molar-refractivity contribution in [3.63, 3.8) is 0 Å². The molecule has 0 amide bonds. The molecule has 1 saturated heterocycles. The maximum Gasteiger partial charge on any atom is 0.0622 e. The van der Waals surface area contributed by atoms with Gasteiger partial charge in [0.15, 0.2) is 0 Å². The second kappa shape index (κ2) is 4.43. The Hall–Kier alpha value is 0.400. The first kappa shape index (κ1) is 9.49. The molecule has 1 fully saturated rings. The fourth-order valence-electron chi connectivity index (χ4n) is 1.42. The Bertz CT molecular complexity index is 113. The summed E-state index contributed by atoms with van der Waals surface area (Å²) in [6, 6.07) is 0.648. The van der Waals surface area contributed by atoms with Crippen LogP contribution in [0.25, 0.3) is 0 Å². The minimum absolute atomic E-state index is 0.577. The van der Waals surface area contributed by atoms with Crippen molar-refractivity contribution in [3.8, 4) is 0 Å². The number of likely N-dealkylation sites (N-methyl/N-ethyl adjacent to an activating group) is 1. The van der Waals surface area contributed by atoms with Crippen LogP contribution in [0.4, 0.5) is 0 Å². The van der Waals surface area contributed by atoms with E-state index >= 15 is 0 Å². The third kappa shape index (κ3) is 3.09. The van der Waals surface area contributed by atoms with Crippen LogP contribution in [0, 0.1) is 0 Å². The Kier molecular flexibility index (Phi) is 3.82. The van der Waals surface area contributed by atoms with Crippen molar-refractivity contribution in [2.24, 2.45) is 0 Å². The average molecular weight is 222 g/mol. The summed E-state index contributed by atoms with van der Waals surface area (Å²) >= 11 is 3.54. The average Bonchev–Trinajstić information content (AvgIpc) is 2.35. The highest BCUT2D eigenvalue weighted by atomic mass is 79.9. The third-order valence-electron chi connectivity index (χ3n) is 2.07. The molecule has 0 saturated carbocycles. The lowest BCUT2D eigenvalue weighted by molar-refractivity contribution is 0.160. The summed E-state index contributed by atoms with van der Waals surface area (Å²) in [5.74, 6) is 0. The lowest BCUT2D eigenvalue weighted by Crippen LogP contribution is -2.35. The van der Waals surface area contributed by atoms with E-state index in [0.717, 1.165) is 19.8 Å². The Morgan fingerprint density at radius 3 is 2.91 bits per heavy atom. The van der Waals surface area contributed by atoms with Gasteiger partial charge in [-0.2, -0.15) is 0 Å². The van der Waals surface area contributed by atoms with Gasteiger partial charge in [-0.25, -0.2) is 0 Å². The number of halogens is 1. The quantitative estimate of drug-likeness (QED) is 0.671. The van der Waals surface area contributed by atoms with Gasteiger partial charge in [0, 0.05) is 24.0 Å². The van der Waals surface area contributed by atoms with E-state index in [1.807, 2.05) is 0 Å². The van der Waals surface area contributed by atoms with Crippen LogP contribution in [-0.2, 0) is 4.74 Å². The summed E-state index contributed by atoms with van der Waals surface area (Å²) in [4.78, 5) is 2.94. The predicted molar refractivity (Wildman–Crippen MR) is 50.2 cm³/mol. The molecule has 0 aromatic rings. The van der Waals surface area contributed by atoms with Gasteiger partial charge < -0.3 is 4.74 Å². The van der Waals surface area contributed by atoms with Crippen LogP contribution in [0.15, 0.2) is 0 Å². The zero-order chi connectivity index (χ0) is 8.27. The third-order valence-corrected chi connectivity index (χ3v) is 2.36. The Morgan fingerprint density at radius 1 is 1.73 bits per heavy atom. The van der Waals surface area contributed by atoms with Crippen LogP contribution in [0.1, 0.15) is 13.3 Å². The zero-order valence-corrected chi connectivity index (χ0v) is 8.80. The highest BCUT2D eigenvalue weighted by molar-refractivity contribution is 9.09. The van der Waals surface area contributed by atoms with Gasteiger partial charge in [0.25, 0.3) is 0 Å². The van der Waals surface area contributed by atoms with Gasteiger partial charge in [-0.15, -0.1) is 0 Å². The van der Waals surface area contributed by atoms with E-state index in [9.17, 15) is 0 Å². The number of ether oxygens (including phenoxy) is 1. The minimum Gasteiger partial charge on any atom is -0.380 e. The second-order valence-electron chi connectivity index (χ2n) is 3.24. The molecule has 1 rings (SSSR count). The molecule has 1 aliphatic rings. The second-order valence-corrected chi connectivity index (χ2v) is 4.80. The number of hydrogen-bond donors (Lipinski definition) is 0. The summed E-state index contributed by atoms with van der Waals surface area (Å²) in [5.41, 5.74) is 0. The molecule has 0 aromatic carbocycles. The summed E-state index contributed by atoms with van der Waals surface area (Å²) in [6.07, 6.45) is 1.19. The number of hydrogen-bond acceptors (Lipinski definition) is 2. The molecule has 1 aliphatic heterocycles. The topological polar surface area (TPSA) is 12.5 Å². The van der Waals surface area contributed by atoms with E-state index in [-0.39, 0.29) is 0 Å². The van der Waals surface area contributed by atoms with E-state index in [4.69, 9.17) is 4.74 Å².